The molecule has 3 saturated carbocycles. The van der Waals surface area contributed by atoms with E-state index in [4.69, 9.17) is 0 Å². The zero-order valence-corrected chi connectivity index (χ0v) is 18.8. The van der Waals surface area contributed by atoms with E-state index in [1.54, 1.807) is 0 Å². The van der Waals surface area contributed by atoms with E-state index in [-0.39, 0.29) is 0 Å². The Balaban J connectivity index is 0.000000948. The van der Waals surface area contributed by atoms with Crippen molar-refractivity contribution in [3.05, 3.63) is 23.8 Å². The maximum absolute atomic E-state index is 4.42. The molecule has 148 valence electrons. The molecule has 0 aromatic carbocycles. The molecule has 7 unspecified atom stereocenters. The summed E-state index contributed by atoms with van der Waals surface area (Å²) in [6, 6.07) is 0. The standard InChI is InChI=1S/C24H38.C2H6/c1-16(2)23(5)13-11-21-19-8-7-18-15-17(3)9-12-22(18,4)20(19)10-14-24(21,23)6;1-2/h7,17,19-21H,1,8-15H2,2-6H3;1-2H3. The Morgan fingerprint density at radius 1 is 1.00 bits per heavy atom. The molecule has 0 radical (unpaired) electrons. The quantitative estimate of drug-likeness (QED) is 0.415. The number of rotatable bonds is 1. The number of allylic oxidation sites excluding steroid dienone is 3. The second-order valence-electron chi connectivity index (χ2n) is 10.7. The van der Waals surface area contributed by atoms with Crippen LogP contribution in [0.2, 0.25) is 0 Å². The van der Waals surface area contributed by atoms with Crippen LogP contribution in [0.15, 0.2) is 23.8 Å². The van der Waals surface area contributed by atoms with Gasteiger partial charge in [0.25, 0.3) is 0 Å². The van der Waals surface area contributed by atoms with Crippen molar-refractivity contribution in [2.24, 2.45) is 39.9 Å². The number of hydrogen-bond acceptors (Lipinski definition) is 0. The Morgan fingerprint density at radius 3 is 2.31 bits per heavy atom. The monoisotopic (exact) mass is 356 g/mol. The van der Waals surface area contributed by atoms with E-state index < -0.39 is 0 Å². The van der Waals surface area contributed by atoms with Crippen LogP contribution in [0.25, 0.3) is 0 Å². The average molecular weight is 357 g/mol. The van der Waals surface area contributed by atoms with Crippen LogP contribution in [0.3, 0.4) is 0 Å². The van der Waals surface area contributed by atoms with Crippen LogP contribution in [0, 0.1) is 39.9 Å². The lowest BCUT2D eigenvalue weighted by molar-refractivity contribution is -0.0589. The molecule has 4 aliphatic carbocycles. The normalized spacial score (nSPS) is 49.7. The van der Waals surface area contributed by atoms with Crippen LogP contribution in [0.4, 0.5) is 0 Å². The van der Waals surface area contributed by atoms with Gasteiger partial charge in [0.15, 0.2) is 0 Å². The molecular formula is C26H44. The van der Waals surface area contributed by atoms with Crippen molar-refractivity contribution in [1.29, 1.82) is 0 Å². The van der Waals surface area contributed by atoms with Crippen LogP contribution in [-0.4, -0.2) is 0 Å². The predicted molar refractivity (Wildman–Crippen MR) is 115 cm³/mol. The molecule has 0 heterocycles. The van der Waals surface area contributed by atoms with Gasteiger partial charge < -0.3 is 0 Å². The summed E-state index contributed by atoms with van der Waals surface area (Å²) in [5.74, 6) is 3.72. The summed E-state index contributed by atoms with van der Waals surface area (Å²) in [6.07, 6.45) is 14.1. The fraction of sp³-hybridized carbons (Fsp3) is 0.846. The molecule has 0 aromatic rings. The first kappa shape index (κ1) is 20.2. The van der Waals surface area contributed by atoms with Crippen molar-refractivity contribution < 1.29 is 0 Å². The number of fused-ring (bicyclic) bond motifs is 5. The second-order valence-corrected chi connectivity index (χ2v) is 10.7. The summed E-state index contributed by atoms with van der Waals surface area (Å²) in [5, 5.41) is 0. The molecular weight excluding hydrogens is 312 g/mol. The van der Waals surface area contributed by atoms with Crippen LogP contribution in [-0.2, 0) is 0 Å². The summed E-state index contributed by atoms with van der Waals surface area (Å²) >= 11 is 0. The first-order chi connectivity index (χ1) is 12.2. The third kappa shape index (κ3) is 2.61. The highest BCUT2D eigenvalue weighted by Crippen LogP contribution is 2.70. The Bertz CT molecular complexity index is 583. The van der Waals surface area contributed by atoms with E-state index in [9.17, 15) is 0 Å². The molecule has 0 saturated heterocycles. The van der Waals surface area contributed by atoms with Gasteiger partial charge in [-0.1, -0.05) is 65.3 Å². The molecule has 0 spiro atoms. The van der Waals surface area contributed by atoms with Crippen molar-refractivity contribution in [2.45, 2.75) is 99.8 Å². The zero-order chi connectivity index (χ0) is 19.3. The minimum atomic E-state index is 0.370. The fourth-order valence-electron chi connectivity index (χ4n) is 7.81. The third-order valence-electron chi connectivity index (χ3n) is 9.90. The fourth-order valence-corrected chi connectivity index (χ4v) is 7.81. The van der Waals surface area contributed by atoms with Crippen LogP contribution >= 0.6 is 0 Å². The van der Waals surface area contributed by atoms with E-state index in [0.717, 1.165) is 23.7 Å². The van der Waals surface area contributed by atoms with E-state index >= 15 is 0 Å². The summed E-state index contributed by atoms with van der Waals surface area (Å²) in [5.41, 5.74) is 4.67. The highest BCUT2D eigenvalue weighted by Gasteiger charge is 2.62. The predicted octanol–water partition coefficient (Wildman–Crippen LogP) is 8.19. The molecule has 0 bridgehead atoms. The van der Waals surface area contributed by atoms with Gasteiger partial charge in [-0.2, -0.15) is 0 Å². The van der Waals surface area contributed by atoms with E-state index in [1.807, 2.05) is 19.4 Å². The molecule has 4 rings (SSSR count). The van der Waals surface area contributed by atoms with Crippen molar-refractivity contribution in [2.75, 3.05) is 0 Å². The van der Waals surface area contributed by atoms with Crippen LogP contribution in [0.1, 0.15) is 99.8 Å². The minimum absolute atomic E-state index is 0.370. The molecule has 0 nitrogen and oxygen atoms in total. The topological polar surface area (TPSA) is 0 Å². The van der Waals surface area contributed by atoms with Crippen molar-refractivity contribution in [3.63, 3.8) is 0 Å². The van der Waals surface area contributed by atoms with Gasteiger partial charge in [-0.25, -0.2) is 0 Å². The minimum Gasteiger partial charge on any atom is -0.0996 e. The van der Waals surface area contributed by atoms with Gasteiger partial charge in [-0.05, 0) is 98.2 Å². The number of hydrogen-bond donors (Lipinski definition) is 0. The Hall–Kier alpha value is -0.520. The molecule has 7 atom stereocenters. The molecule has 26 heavy (non-hydrogen) atoms. The van der Waals surface area contributed by atoms with E-state index in [0.29, 0.717) is 16.2 Å². The first-order valence-electron chi connectivity index (χ1n) is 11.6. The molecule has 0 heteroatoms. The van der Waals surface area contributed by atoms with Crippen molar-refractivity contribution in [3.8, 4) is 0 Å². The summed E-state index contributed by atoms with van der Waals surface area (Å²) in [7, 11) is 0. The molecule has 0 aliphatic heterocycles. The lowest BCUT2D eigenvalue weighted by Crippen LogP contribution is -2.51. The average Bonchev–Trinajstić information content (AvgIpc) is 2.90. The van der Waals surface area contributed by atoms with Gasteiger partial charge in [0, 0.05) is 0 Å². The lowest BCUT2D eigenvalue weighted by atomic mass is 9.45. The summed E-state index contributed by atoms with van der Waals surface area (Å²) in [6.45, 7) is 21.0. The molecule has 0 aromatic heterocycles. The highest BCUT2D eigenvalue weighted by atomic mass is 14.7. The summed E-state index contributed by atoms with van der Waals surface area (Å²) in [4.78, 5) is 0. The first-order valence-corrected chi connectivity index (χ1v) is 11.6. The van der Waals surface area contributed by atoms with E-state index in [2.05, 4.69) is 47.3 Å². The van der Waals surface area contributed by atoms with Crippen LogP contribution in [0.5, 0.6) is 0 Å². The second kappa shape index (κ2) is 6.82. The SMILES string of the molecule is C=C(C)C1(C)CCC2C3CC=C4CC(C)CCC4(C)C3CCC21C.CC. The molecule has 3 fully saturated rings. The van der Waals surface area contributed by atoms with Gasteiger partial charge in [0.1, 0.15) is 0 Å². The van der Waals surface area contributed by atoms with E-state index in [1.165, 1.54) is 56.9 Å². The smallest absolute Gasteiger partial charge is 0.00652 e. The maximum Gasteiger partial charge on any atom is -0.00652 e. The third-order valence-corrected chi connectivity index (χ3v) is 9.90. The van der Waals surface area contributed by atoms with Gasteiger partial charge in [-0.15, -0.1) is 0 Å². The largest absolute Gasteiger partial charge is 0.0996 e. The lowest BCUT2D eigenvalue weighted by Gasteiger charge is -2.59. The van der Waals surface area contributed by atoms with Crippen molar-refractivity contribution in [1.82, 2.24) is 0 Å². The van der Waals surface area contributed by atoms with Crippen LogP contribution < -0.4 is 0 Å². The van der Waals surface area contributed by atoms with Gasteiger partial charge in [0.05, 0.1) is 0 Å². The Labute approximate surface area is 163 Å². The van der Waals surface area contributed by atoms with Crippen molar-refractivity contribution >= 4 is 0 Å². The van der Waals surface area contributed by atoms with Gasteiger partial charge in [0.2, 0.25) is 0 Å². The Kier molecular flexibility index (Phi) is 5.31. The zero-order valence-electron chi connectivity index (χ0n) is 18.8. The highest BCUT2D eigenvalue weighted by molar-refractivity contribution is 5.27. The van der Waals surface area contributed by atoms with Gasteiger partial charge >= 0.3 is 0 Å². The Morgan fingerprint density at radius 2 is 1.65 bits per heavy atom. The maximum atomic E-state index is 4.42. The van der Waals surface area contributed by atoms with Gasteiger partial charge in [-0.3, -0.25) is 0 Å². The molecule has 0 N–H and O–H groups in total. The summed E-state index contributed by atoms with van der Waals surface area (Å²) < 4.78 is 0. The molecule has 4 aliphatic rings. The molecule has 0 amide bonds.